The van der Waals surface area contributed by atoms with Crippen LogP contribution in [0.15, 0.2) is 15.0 Å². The Morgan fingerprint density at radius 3 is 1.57 bits per heavy atom. The molecule has 1 atom stereocenters. The van der Waals surface area contributed by atoms with Crippen LogP contribution in [0.5, 0.6) is 0 Å². The SMILES string of the molecule is CC(C)OP(=O)(OC(C)C)[C@H](C(C)C)N(C)C(N)=NC1=NC(C(F)(F)F)(C(F)(F)F)N=C(C(C(F)(F)F)C(F)(F)F)O1. The van der Waals surface area contributed by atoms with Crippen molar-refractivity contribution in [2.24, 2.45) is 32.5 Å². The van der Waals surface area contributed by atoms with Gasteiger partial charge in [-0.15, -0.1) is 0 Å². The van der Waals surface area contributed by atoms with Gasteiger partial charge >= 0.3 is 44.0 Å². The van der Waals surface area contributed by atoms with Crippen LogP contribution in [0.4, 0.5) is 52.7 Å². The van der Waals surface area contributed by atoms with Crippen molar-refractivity contribution in [2.75, 3.05) is 7.05 Å². The molecule has 1 aliphatic heterocycles. The molecule has 42 heavy (non-hydrogen) atoms. The molecule has 9 nitrogen and oxygen atoms in total. The number of nitrogens with two attached hydrogens (primary N) is 1. The quantitative estimate of drug-likeness (QED) is 0.136. The molecule has 1 rings (SSSR count). The van der Waals surface area contributed by atoms with E-state index in [-0.39, 0.29) is 0 Å². The van der Waals surface area contributed by atoms with E-state index in [1.165, 1.54) is 41.5 Å². The summed E-state index contributed by atoms with van der Waals surface area (Å²) in [6.07, 6.45) is -28.1. The summed E-state index contributed by atoms with van der Waals surface area (Å²) in [4.78, 5) is 7.50. The Hall–Kier alpha value is -2.28. The molecule has 0 radical (unpaired) electrons. The lowest BCUT2D eigenvalue weighted by Crippen LogP contribution is -2.58. The molecule has 0 unspecified atom stereocenters. The van der Waals surface area contributed by atoms with E-state index in [1.807, 2.05) is 0 Å². The van der Waals surface area contributed by atoms with Crippen LogP contribution in [0.2, 0.25) is 0 Å². The molecule has 0 saturated heterocycles. The van der Waals surface area contributed by atoms with Gasteiger partial charge in [-0.3, -0.25) is 4.57 Å². The number of guanidine groups is 1. The number of amidine groups is 1. The van der Waals surface area contributed by atoms with Gasteiger partial charge in [0.05, 0.1) is 12.2 Å². The molecule has 1 heterocycles. The monoisotopic (exact) mass is 661 g/mol. The van der Waals surface area contributed by atoms with Crippen LogP contribution in [0.3, 0.4) is 0 Å². The Balaban J connectivity index is 3.95. The maximum absolute atomic E-state index is 13.7. The average Bonchev–Trinajstić information content (AvgIpc) is 2.67. The van der Waals surface area contributed by atoms with Crippen molar-refractivity contribution in [1.82, 2.24) is 4.90 Å². The van der Waals surface area contributed by atoms with Crippen LogP contribution in [-0.4, -0.2) is 78.2 Å². The fourth-order valence-electron chi connectivity index (χ4n) is 3.59. The first-order valence-electron chi connectivity index (χ1n) is 11.7. The Morgan fingerprint density at radius 1 is 0.857 bits per heavy atom. The number of halogens is 12. The number of ether oxygens (including phenoxy) is 1. The van der Waals surface area contributed by atoms with E-state index in [2.05, 4.69) is 14.7 Å². The van der Waals surface area contributed by atoms with Crippen LogP contribution in [0, 0.1) is 11.8 Å². The lowest BCUT2D eigenvalue weighted by atomic mass is 10.1. The molecule has 1 aliphatic rings. The van der Waals surface area contributed by atoms with Gasteiger partial charge in [0.1, 0.15) is 5.78 Å². The second-order valence-electron chi connectivity index (χ2n) is 9.72. The summed E-state index contributed by atoms with van der Waals surface area (Å²) in [6.45, 7) is 8.63. The average molecular weight is 661 g/mol. The fourth-order valence-corrected chi connectivity index (χ4v) is 6.33. The minimum atomic E-state index is -6.74. The lowest BCUT2D eigenvalue weighted by Gasteiger charge is -2.38. The summed E-state index contributed by atoms with van der Waals surface area (Å²) in [5.41, 5.74) is -0.214. The van der Waals surface area contributed by atoms with Gasteiger partial charge in [-0.25, -0.2) is 4.99 Å². The summed E-state index contributed by atoms with van der Waals surface area (Å²) in [5, 5.41) is 0. The molecule has 0 aromatic carbocycles. The Kier molecular flexibility index (Phi) is 11.1. The highest BCUT2D eigenvalue weighted by Gasteiger charge is 2.75. The molecule has 22 heteroatoms. The van der Waals surface area contributed by atoms with Crippen molar-refractivity contribution in [3.8, 4) is 0 Å². The zero-order chi connectivity index (χ0) is 33.4. The number of nitrogens with zero attached hydrogens (tertiary/aromatic N) is 4. The zero-order valence-corrected chi connectivity index (χ0v) is 23.8. The zero-order valence-electron chi connectivity index (χ0n) is 22.9. The van der Waals surface area contributed by atoms with Crippen LogP contribution in [-0.2, 0) is 18.3 Å². The number of hydrogen-bond donors (Lipinski definition) is 1. The van der Waals surface area contributed by atoms with Gasteiger partial charge in [0.15, 0.2) is 0 Å². The highest BCUT2D eigenvalue weighted by molar-refractivity contribution is 7.54. The van der Waals surface area contributed by atoms with Gasteiger partial charge in [0.25, 0.3) is 0 Å². The molecular formula is C20H28F12N5O4P. The second-order valence-corrected chi connectivity index (χ2v) is 11.7. The van der Waals surface area contributed by atoms with Gasteiger partial charge in [-0.05, 0) is 33.6 Å². The third kappa shape index (κ3) is 8.42. The van der Waals surface area contributed by atoms with Gasteiger partial charge in [0, 0.05) is 7.05 Å². The lowest BCUT2D eigenvalue weighted by molar-refractivity contribution is -0.296. The summed E-state index contributed by atoms with van der Waals surface area (Å²) < 4.78 is 191. The van der Waals surface area contributed by atoms with Gasteiger partial charge < -0.3 is 24.4 Å². The molecular weight excluding hydrogens is 633 g/mol. The molecule has 0 bridgehead atoms. The van der Waals surface area contributed by atoms with Crippen molar-refractivity contribution in [3.63, 3.8) is 0 Å². The topological polar surface area (TPSA) is 111 Å². The normalized spacial score (nSPS) is 18.4. The molecule has 2 N–H and O–H groups in total. The third-order valence-electron chi connectivity index (χ3n) is 5.02. The van der Waals surface area contributed by atoms with Crippen molar-refractivity contribution in [3.05, 3.63) is 0 Å². The van der Waals surface area contributed by atoms with E-state index in [0.29, 0.717) is 4.90 Å². The van der Waals surface area contributed by atoms with E-state index in [9.17, 15) is 57.3 Å². The number of aliphatic imine (C=N–C) groups is 3. The molecule has 0 aromatic rings. The molecule has 0 amide bonds. The summed E-state index contributed by atoms with van der Waals surface area (Å²) in [5.74, 6) is -11.6. The van der Waals surface area contributed by atoms with E-state index in [4.69, 9.17) is 14.8 Å². The standard InChI is InChI=1S/C20H28F12N5O4P/c1-8(2)13(42(38,40-9(3)4)41-10(5)6)37(7)14(33)34-15-36-18(19(27,28)29,20(30,31)32)35-12(39-15)11(16(21,22)23)17(24,25)26/h8-11,13H,1-7H3,(H2,33,34,36)/t13-/m1/s1. The van der Waals surface area contributed by atoms with E-state index < -0.39 is 85.7 Å². The van der Waals surface area contributed by atoms with Crippen LogP contribution < -0.4 is 5.73 Å². The predicted molar refractivity (Wildman–Crippen MR) is 124 cm³/mol. The Bertz CT molecular complexity index is 1050. The first-order chi connectivity index (χ1) is 18.5. The van der Waals surface area contributed by atoms with Gasteiger partial charge in [-0.1, -0.05) is 13.8 Å². The first-order valence-corrected chi connectivity index (χ1v) is 13.3. The highest BCUT2D eigenvalue weighted by Crippen LogP contribution is 2.58. The van der Waals surface area contributed by atoms with Crippen LogP contribution >= 0.6 is 7.60 Å². The molecule has 246 valence electrons. The van der Waals surface area contributed by atoms with Crippen molar-refractivity contribution in [1.29, 1.82) is 0 Å². The molecule has 0 spiro atoms. The van der Waals surface area contributed by atoms with E-state index >= 15 is 0 Å². The summed E-state index contributed by atoms with van der Waals surface area (Å²) in [7, 11) is -3.35. The maximum atomic E-state index is 13.7. The van der Waals surface area contributed by atoms with Crippen molar-refractivity contribution < 1.29 is 71.0 Å². The van der Waals surface area contributed by atoms with Crippen LogP contribution in [0.1, 0.15) is 41.5 Å². The van der Waals surface area contributed by atoms with E-state index in [0.717, 1.165) is 7.05 Å². The third-order valence-corrected chi connectivity index (χ3v) is 8.04. The molecule has 0 aliphatic carbocycles. The van der Waals surface area contributed by atoms with E-state index in [1.54, 1.807) is 4.99 Å². The number of alkyl halides is 12. The largest absolute Gasteiger partial charge is 0.443 e. The van der Waals surface area contributed by atoms with Crippen molar-refractivity contribution >= 4 is 25.5 Å². The second kappa shape index (κ2) is 12.4. The molecule has 0 aromatic heterocycles. The number of rotatable bonds is 8. The minimum Gasteiger partial charge on any atom is -0.409 e. The summed E-state index contributed by atoms with van der Waals surface area (Å²) in [6, 6.07) is -2.30. The summed E-state index contributed by atoms with van der Waals surface area (Å²) >= 11 is 0. The Labute approximate surface area is 231 Å². The molecule has 0 saturated carbocycles. The maximum Gasteiger partial charge on any atom is 0.443 e. The van der Waals surface area contributed by atoms with Crippen molar-refractivity contribution in [2.45, 2.75) is 89.9 Å². The van der Waals surface area contributed by atoms with Crippen LogP contribution in [0.25, 0.3) is 0 Å². The Morgan fingerprint density at radius 2 is 1.26 bits per heavy atom. The van der Waals surface area contributed by atoms with Gasteiger partial charge in [-0.2, -0.15) is 62.7 Å². The highest BCUT2D eigenvalue weighted by atomic mass is 31.2. The fraction of sp³-hybridized carbons (Fsp3) is 0.850. The smallest absolute Gasteiger partial charge is 0.409 e. The minimum absolute atomic E-state index is 0.668. The van der Waals surface area contributed by atoms with Gasteiger partial charge in [0.2, 0.25) is 17.8 Å². The predicted octanol–water partition coefficient (Wildman–Crippen LogP) is 6.60. The molecule has 0 fully saturated rings. The first kappa shape index (κ1) is 37.7. The number of hydrogen-bond acceptors (Lipinski definition) is 7.